The van der Waals surface area contributed by atoms with Gasteiger partial charge >= 0.3 is 0 Å². The average Bonchev–Trinajstić information content (AvgIpc) is 2.21. The maximum atomic E-state index is 5.78. The quantitative estimate of drug-likeness (QED) is 0.339. The molecule has 18 radical (unpaired) electrons. The molecule has 0 unspecified atom stereocenters. The zero-order chi connectivity index (χ0) is 14.5. The highest BCUT2D eigenvalue weighted by Gasteiger charge is 2.33. The van der Waals surface area contributed by atoms with Gasteiger partial charge in [0.15, 0.2) is 0 Å². The lowest BCUT2D eigenvalue weighted by Crippen LogP contribution is -2.71. The largest absolute Gasteiger partial charge is 0.158 e. The van der Waals surface area contributed by atoms with E-state index in [1.165, 1.54) is 0 Å². The fourth-order valence-electron chi connectivity index (χ4n) is 1.54. The van der Waals surface area contributed by atoms with Gasteiger partial charge in [0.2, 0.25) is 0 Å². The summed E-state index contributed by atoms with van der Waals surface area (Å²) < 4.78 is 0. The van der Waals surface area contributed by atoms with E-state index in [-0.39, 0.29) is 20.5 Å². The van der Waals surface area contributed by atoms with Crippen LogP contribution >= 0.6 is 0 Å². The maximum absolute atomic E-state index is 5.78. The molecule has 0 aromatic heterocycles. The molecule has 0 aliphatic heterocycles. The topological polar surface area (TPSA) is 0 Å². The van der Waals surface area contributed by atoms with Crippen molar-refractivity contribution in [2.24, 2.45) is 0 Å². The number of hydrogen-bond acceptors (Lipinski definition) is 0. The Morgan fingerprint density at radius 3 is 1.11 bits per heavy atom. The van der Waals surface area contributed by atoms with E-state index in [0.717, 1.165) is 0 Å². The van der Waals surface area contributed by atoms with Crippen molar-refractivity contribution < 1.29 is 0 Å². The molecule has 0 fully saturated rings. The van der Waals surface area contributed by atoms with Gasteiger partial charge in [-0.3, -0.25) is 0 Å². The Kier molecular flexibility index (Phi) is 9.76. The second kappa shape index (κ2) is 9.17. The summed E-state index contributed by atoms with van der Waals surface area (Å²) in [5.74, 6) is 0. The van der Waals surface area contributed by atoms with E-state index in [0.29, 0.717) is 0 Å². The Morgan fingerprint density at radius 1 is 0.556 bits per heavy atom. The molecule has 0 aliphatic rings. The van der Waals surface area contributed by atoms with Crippen molar-refractivity contribution in [3.8, 4) is 0 Å². The normalized spacial score (nSPS) is 8.94. The van der Waals surface area contributed by atoms with Crippen LogP contribution < -0.4 is 0 Å². The molecule has 18 heavy (non-hydrogen) atoms. The summed E-state index contributed by atoms with van der Waals surface area (Å²) in [5.41, 5.74) is 0. The Balaban J connectivity index is 4.89. The summed E-state index contributed by atoms with van der Waals surface area (Å²) in [4.78, 5) is 0. The molecule has 18 heteroatoms. The van der Waals surface area contributed by atoms with Gasteiger partial charge < -0.3 is 0 Å². The molecular weight excluding hydrogens is 195 g/mol. The Hall–Kier alpha value is 1.17. The summed E-state index contributed by atoms with van der Waals surface area (Å²) in [6, 6.07) is 0. The number of hydrogen-bond donors (Lipinski definition) is 0. The fraction of sp³-hybridized carbons (Fsp3) is 0. The maximum Gasteiger partial charge on any atom is -0.0000000000472 e. The molecule has 0 saturated carbocycles. The van der Waals surface area contributed by atoms with Crippen molar-refractivity contribution in [3.63, 3.8) is 0 Å². The molecule has 0 heterocycles. The van der Waals surface area contributed by atoms with Gasteiger partial charge in [-0.25, -0.2) is 0 Å². The van der Waals surface area contributed by atoms with Crippen molar-refractivity contribution in [1.29, 1.82) is 0 Å². The average molecular weight is 198 g/mol. The van der Waals surface area contributed by atoms with E-state index in [1.807, 2.05) is 0 Å². The molecule has 0 aromatic rings. The summed E-state index contributed by atoms with van der Waals surface area (Å²) in [6.07, 6.45) is -3.22. The third kappa shape index (κ3) is 6.08. The first-order chi connectivity index (χ1) is 8.22. The van der Waals surface area contributed by atoms with Gasteiger partial charge in [-0.2, -0.15) is 7.06 Å². The summed E-state index contributed by atoms with van der Waals surface area (Å²) in [5, 5.41) is 0. The predicted molar refractivity (Wildman–Crippen MR) is 108 cm³/mol. The molecule has 0 aliphatic carbocycles. The molecule has 0 nitrogen and oxygen atoms in total. The Morgan fingerprint density at radius 2 is 0.889 bits per heavy atom. The first kappa shape index (κ1) is 19.2. The van der Waals surface area contributed by atoms with Crippen molar-refractivity contribution in [2.75, 3.05) is 0 Å². The SMILES string of the molecule is [B]B([B])B([B]B(B([B])[B])B([B][BH3-])B([B])[B])B([B])[B]. The lowest BCUT2D eigenvalue weighted by atomic mass is 8.48. The summed E-state index contributed by atoms with van der Waals surface area (Å²) in [6.45, 7) is 0. The molecule has 0 aromatic carbocycles. The van der Waals surface area contributed by atoms with Crippen LogP contribution in [0.4, 0.5) is 0 Å². The van der Waals surface area contributed by atoms with Gasteiger partial charge in [-0.15, -0.1) is 0 Å². The zero-order valence-electron chi connectivity index (χ0n) is 9.81. The lowest BCUT2D eigenvalue weighted by molar-refractivity contribution is 3.42. The molecule has 0 atom stereocenters. The van der Waals surface area contributed by atoms with Crippen LogP contribution in [0.25, 0.3) is 0 Å². The van der Waals surface area contributed by atoms with Crippen LogP contribution in [-0.2, 0) is 0 Å². The predicted octanol–water partition coefficient (Wildman–Crippen LogP) is -7.66. The Labute approximate surface area is 128 Å². The van der Waals surface area contributed by atoms with Crippen molar-refractivity contribution >= 4 is 128 Å². The van der Waals surface area contributed by atoms with Crippen LogP contribution in [0.5, 0.6) is 0 Å². The lowest BCUT2D eigenvalue weighted by Gasteiger charge is -2.34. The second-order valence-corrected chi connectivity index (χ2v) is 4.23. The van der Waals surface area contributed by atoms with Gasteiger partial charge in [0.25, 0.3) is 0 Å². The minimum absolute atomic E-state index is 0.000932. The highest BCUT2D eigenvalue weighted by Crippen LogP contribution is 1.96. The van der Waals surface area contributed by atoms with Crippen LogP contribution in [-0.4, -0.2) is 128 Å². The molecule has 0 bridgehead atoms. The third-order valence-corrected chi connectivity index (χ3v) is 2.67. The minimum Gasteiger partial charge on any atom is -0.158 e. The molecule has 0 rings (SSSR count). The first-order valence-electron chi connectivity index (χ1n) is 5.33. The molecule has 58 valence electrons. The van der Waals surface area contributed by atoms with Crippen molar-refractivity contribution in [2.45, 2.75) is 0 Å². The van der Waals surface area contributed by atoms with E-state index in [2.05, 4.69) is 7.06 Å². The fourth-order valence-corrected chi connectivity index (χ4v) is 1.54. The van der Waals surface area contributed by atoms with Gasteiger partial charge in [0.1, 0.15) is 0 Å². The second-order valence-electron chi connectivity index (χ2n) is 4.23. The van der Waals surface area contributed by atoms with Crippen molar-refractivity contribution in [3.05, 3.63) is 0 Å². The highest BCUT2D eigenvalue weighted by molar-refractivity contribution is 8.10. The van der Waals surface area contributed by atoms with Crippen LogP contribution in [0.15, 0.2) is 0 Å². The third-order valence-electron chi connectivity index (χ3n) is 2.67. The molecule has 0 saturated heterocycles. The van der Waals surface area contributed by atoms with E-state index < -0.39 is 31.9 Å². The van der Waals surface area contributed by atoms with Gasteiger partial charge in [-0.05, 0) is 114 Å². The van der Waals surface area contributed by atoms with Crippen LogP contribution in [0, 0.1) is 0 Å². The molecule has 0 spiro atoms. The van der Waals surface area contributed by atoms with Crippen LogP contribution in [0.1, 0.15) is 0 Å². The zero-order valence-corrected chi connectivity index (χ0v) is 9.81. The number of rotatable bonds is 8. The summed E-state index contributed by atoms with van der Waals surface area (Å²) in [7, 11) is 49.6. The van der Waals surface area contributed by atoms with Crippen LogP contribution in [0.3, 0.4) is 0 Å². The highest BCUT2D eigenvalue weighted by atomic mass is 13.2. The first-order valence-corrected chi connectivity index (χ1v) is 5.33. The smallest absolute Gasteiger partial charge is 0.0000000000472 e. The molecular formula is H3B18-. The van der Waals surface area contributed by atoms with Gasteiger partial charge in [0.05, 0.1) is 0 Å². The van der Waals surface area contributed by atoms with Gasteiger partial charge in [0, 0.05) is 0 Å². The Bertz CT molecular complexity index is 192. The van der Waals surface area contributed by atoms with E-state index in [1.54, 1.807) is 7.06 Å². The van der Waals surface area contributed by atoms with Crippen LogP contribution in [0.2, 0.25) is 0 Å². The van der Waals surface area contributed by atoms with E-state index in [9.17, 15) is 0 Å². The van der Waals surface area contributed by atoms with E-state index in [4.69, 9.17) is 61.9 Å². The molecule has 0 amide bonds. The van der Waals surface area contributed by atoms with E-state index >= 15 is 0 Å². The van der Waals surface area contributed by atoms with Gasteiger partial charge in [-0.1, -0.05) is 7.74 Å². The molecule has 0 N–H and O–H groups in total. The summed E-state index contributed by atoms with van der Waals surface area (Å²) >= 11 is 0. The minimum atomic E-state index is -0.676. The standard InChI is InChI=1S/B18H3/c1-10-16(12(2)3)18(15(8)9)11-17(13(4)5)14(6)7/h1H3/q-1. The van der Waals surface area contributed by atoms with Crippen molar-refractivity contribution in [1.82, 2.24) is 0 Å². The monoisotopic (exact) mass is 201 g/mol.